The van der Waals surface area contributed by atoms with E-state index in [9.17, 15) is 9.90 Å². The summed E-state index contributed by atoms with van der Waals surface area (Å²) in [6.07, 6.45) is 3.93. The van der Waals surface area contributed by atoms with E-state index in [1.807, 2.05) is 38.1 Å². The fourth-order valence-electron chi connectivity index (χ4n) is 3.26. The minimum Gasteiger partial charge on any atom is -0.391 e. The maximum atomic E-state index is 12.3. The Bertz CT molecular complexity index is 702. The normalized spacial score (nSPS) is 16.3. The van der Waals surface area contributed by atoms with Crippen molar-refractivity contribution in [2.24, 2.45) is 5.92 Å². The Morgan fingerprint density at radius 2 is 1.96 bits per heavy atom. The number of aliphatic hydroxyl groups excluding tert-OH is 1. The van der Waals surface area contributed by atoms with Gasteiger partial charge in [0.05, 0.1) is 17.5 Å². The van der Waals surface area contributed by atoms with Crippen LogP contribution < -0.4 is 5.32 Å². The third-order valence-electron chi connectivity index (χ3n) is 4.80. The molecule has 0 saturated heterocycles. The van der Waals surface area contributed by atoms with Crippen molar-refractivity contribution in [2.75, 3.05) is 6.54 Å². The maximum absolute atomic E-state index is 12.3. The Balaban J connectivity index is 1.66. The van der Waals surface area contributed by atoms with Gasteiger partial charge in [0.2, 0.25) is 0 Å². The SMILES string of the molecule is Cc1ccc(-n2nnc(C(=O)NCC(O)C3CCCC3)c2C)cc1. The summed E-state index contributed by atoms with van der Waals surface area (Å²) in [4.78, 5) is 12.3. The van der Waals surface area contributed by atoms with E-state index >= 15 is 0 Å². The van der Waals surface area contributed by atoms with Gasteiger partial charge in [0, 0.05) is 6.54 Å². The molecule has 0 aliphatic heterocycles. The molecule has 0 spiro atoms. The van der Waals surface area contributed by atoms with Crippen molar-refractivity contribution < 1.29 is 9.90 Å². The van der Waals surface area contributed by atoms with Gasteiger partial charge < -0.3 is 10.4 Å². The van der Waals surface area contributed by atoms with Crippen molar-refractivity contribution in [3.8, 4) is 5.69 Å². The van der Waals surface area contributed by atoms with Crippen LogP contribution in [0, 0.1) is 19.8 Å². The molecule has 24 heavy (non-hydrogen) atoms. The third-order valence-corrected chi connectivity index (χ3v) is 4.80. The molecule has 0 bridgehead atoms. The molecule has 1 unspecified atom stereocenters. The first kappa shape index (κ1) is 16.6. The van der Waals surface area contributed by atoms with Crippen LogP contribution in [0.15, 0.2) is 24.3 Å². The monoisotopic (exact) mass is 328 g/mol. The van der Waals surface area contributed by atoms with Crippen LogP contribution in [0.1, 0.15) is 47.4 Å². The molecule has 1 atom stereocenters. The van der Waals surface area contributed by atoms with Crippen molar-refractivity contribution in [2.45, 2.75) is 45.6 Å². The number of rotatable bonds is 5. The minimum absolute atomic E-state index is 0.264. The molecule has 1 aliphatic carbocycles. The molecular formula is C18H24N4O2. The molecule has 1 aliphatic rings. The molecule has 128 valence electrons. The van der Waals surface area contributed by atoms with Crippen LogP contribution in [0.3, 0.4) is 0 Å². The lowest BCUT2D eigenvalue weighted by molar-refractivity contribution is 0.0836. The predicted octanol–water partition coefficient (Wildman–Crippen LogP) is 2.17. The van der Waals surface area contributed by atoms with E-state index in [0.717, 1.165) is 24.1 Å². The molecule has 0 radical (unpaired) electrons. The van der Waals surface area contributed by atoms with E-state index in [-0.39, 0.29) is 12.5 Å². The first-order chi connectivity index (χ1) is 11.6. The Hall–Kier alpha value is -2.21. The standard InChI is InChI=1S/C18H24N4O2/c1-12-7-9-15(10-8-12)22-13(2)17(20-21-22)18(24)19-11-16(23)14-5-3-4-6-14/h7-10,14,16,23H,3-6,11H2,1-2H3,(H,19,24). The quantitative estimate of drug-likeness (QED) is 0.881. The zero-order valence-corrected chi connectivity index (χ0v) is 14.2. The lowest BCUT2D eigenvalue weighted by Gasteiger charge is -2.17. The van der Waals surface area contributed by atoms with E-state index in [0.29, 0.717) is 17.3 Å². The number of aryl methyl sites for hydroxylation is 1. The highest BCUT2D eigenvalue weighted by atomic mass is 16.3. The smallest absolute Gasteiger partial charge is 0.273 e. The summed E-state index contributed by atoms with van der Waals surface area (Å²) in [5.74, 6) is 0.0116. The minimum atomic E-state index is -0.483. The highest BCUT2D eigenvalue weighted by Crippen LogP contribution is 2.27. The van der Waals surface area contributed by atoms with E-state index in [1.54, 1.807) is 4.68 Å². The summed E-state index contributed by atoms with van der Waals surface area (Å²) in [5, 5.41) is 21.0. The van der Waals surface area contributed by atoms with Gasteiger partial charge in [-0.15, -0.1) is 5.10 Å². The van der Waals surface area contributed by atoms with Crippen molar-refractivity contribution in [3.63, 3.8) is 0 Å². The maximum Gasteiger partial charge on any atom is 0.273 e. The number of hydrogen-bond donors (Lipinski definition) is 2. The van der Waals surface area contributed by atoms with Crippen LogP contribution in [0.4, 0.5) is 0 Å². The summed E-state index contributed by atoms with van der Waals surface area (Å²) in [6.45, 7) is 4.11. The average molecular weight is 328 g/mol. The fraction of sp³-hybridized carbons (Fsp3) is 0.500. The van der Waals surface area contributed by atoms with Crippen molar-refractivity contribution in [3.05, 3.63) is 41.2 Å². The predicted molar refractivity (Wildman–Crippen MR) is 91.1 cm³/mol. The molecule has 3 rings (SSSR count). The summed E-state index contributed by atoms with van der Waals surface area (Å²) in [5.41, 5.74) is 3.02. The highest BCUT2D eigenvalue weighted by molar-refractivity contribution is 5.93. The molecule has 1 aromatic carbocycles. The zero-order chi connectivity index (χ0) is 17.1. The Morgan fingerprint density at radius 1 is 1.29 bits per heavy atom. The van der Waals surface area contributed by atoms with Gasteiger partial charge in [0.15, 0.2) is 5.69 Å². The summed E-state index contributed by atoms with van der Waals surface area (Å²) in [7, 11) is 0. The van der Waals surface area contributed by atoms with Gasteiger partial charge in [0.1, 0.15) is 0 Å². The summed E-state index contributed by atoms with van der Waals surface area (Å²) < 4.78 is 1.65. The van der Waals surface area contributed by atoms with Crippen molar-refractivity contribution in [1.82, 2.24) is 20.3 Å². The van der Waals surface area contributed by atoms with Crippen LogP contribution in [0.2, 0.25) is 0 Å². The van der Waals surface area contributed by atoms with Gasteiger partial charge in [-0.25, -0.2) is 4.68 Å². The summed E-state index contributed by atoms with van der Waals surface area (Å²) in [6, 6.07) is 7.88. The molecule has 6 nitrogen and oxygen atoms in total. The van der Waals surface area contributed by atoms with E-state index < -0.39 is 6.10 Å². The molecule has 1 amide bonds. The number of carbonyl (C=O) groups excluding carboxylic acids is 1. The number of nitrogens with one attached hydrogen (secondary N) is 1. The van der Waals surface area contributed by atoms with Gasteiger partial charge >= 0.3 is 0 Å². The lowest BCUT2D eigenvalue weighted by atomic mass is 10.0. The van der Waals surface area contributed by atoms with Crippen LogP contribution in [0.25, 0.3) is 5.69 Å². The fourth-order valence-corrected chi connectivity index (χ4v) is 3.26. The Kier molecular flexibility index (Phi) is 4.94. The first-order valence-corrected chi connectivity index (χ1v) is 8.52. The molecule has 2 aromatic rings. The Morgan fingerprint density at radius 3 is 2.62 bits per heavy atom. The third kappa shape index (κ3) is 3.48. The largest absolute Gasteiger partial charge is 0.391 e. The van der Waals surface area contributed by atoms with Crippen LogP contribution in [0.5, 0.6) is 0 Å². The first-order valence-electron chi connectivity index (χ1n) is 8.52. The number of aromatic nitrogens is 3. The number of aliphatic hydroxyl groups is 1. The van der Waals surface area contributed by atoms with E-state index in [4.69, 9.17) is 0 Å². The average Bonchev–Trinajstić information content (AvgIpc) is 3.23. The van der Waals surface area contributed by atoms with Gasteiger partial charge in [-0.2, -0.15) is 0 Å². The molecule has 6 heteroatoms. The van der Waals surface area contributed by atoms with Crippen molar-refractivity contribution in [1.29, 1.82) is 0 Å². The number of carbonyl (C=O) groups is 1. The molecule has 1 saturated carbocycles. The van der Waals surface area contributed by atoms with Crippen LogP contribution >= 0.6 is 0 Å². The molecule has 1 heterocycles. The molecular weight excluding hydrogens is 304 g/mol. The second-order valence-corrected chi connectivity index (χ2v) is 6.59. The van der Waals surface area contributed by atoms with Gasteiger partial charge in [-0.3, -0.25) is 4.79 Å². The highest BCUT2D eigenvalue weighted by Gasteiger charge is 2.24. The second-order valence-electron chi connectivity index (χ2n) is 6.59. The van der Waals surface area contributed by atoms with Crippen LogP contribution in [-0.2, 0) is 0 Å². The van der Waals surface area contributed by atoms with E-state index in [2.05, 4.69) is 15.6 Å². The molecule has 2 N–H and O–H groups in total. The van der Waals surface area contributed by atoms with Crippen LogP contribution in [-0.4, -0.2) is 38.7 Å². The van der Waals surface area contributed by atoms with Crippen molar-refractivity contribution >= 4 is 5.91 Å². The number of nitrogens with zero attached hydrogens (tertiary/aromatic N) is 3. The lowest BCUT2D eigenvalue weighted by Crippen LogP contribution is -2.36. The molecule has 1 fully saturated rings. The zero-order valence-electron chi connectivity index (χ0n) is 14.2. The number of amides is 1. The second kappa shape index (κ2) is 7.13. The number of benzene rings is 1. The topological polar surface area (TPSA) is 80.0 Å². The summed E-state index contributed by atoms with van der Waals surface area (Å²) >= 11 is 0. The molecule has 1 aromatic heterocycles. The Labute approximate surface area is 141 Å². The van der Waals surface area contributed by atoms with Gasteiger partial charge in [0.25, 0.3) is 5.91 Å². The van der Waals surface area contributed by atoms with E-state index in [1.165, 1.54) is 12.8 Å². The van der Waals surface area contributed by atoms with Gasteiger partial charge in [-0.05, 0) is 44.7 Å². The van der Waals surface area contributed by atoms with Gasteiger partial charge in [-0.1, -0.05) is 35.8 Å². The number of hydrogen-bond acceptors (Lipinski definition) is 4.